The summed E-state index contributed by atoms with van der Waals surface area (Å²) < 4.78 is 29.8. The van der Waals surface area contributed by atoms with Crippen LogP contribution in [0.15, 0.2) is 52.4 Å². The van der Waals surface area contributed by atoms with Gasteiger partial charge in [0.05, 0.1) is 89.9 Å². The van der Waals surface area contributed by atoms with Crippen molar-refractivity contribution in [1.82, 2.24) is 34.6 Å². The Kier molecular flexibility index (Phi) is 18.1. The fourth-order valence-electron chi connectivity index (χ4n) is 9.49. The van der Waals surface area contributed by atoms with E-state index in [1.54, 1.807) is 46.6 Å². The number of Topliss-reactive ketones (excluding diaryl/α,β-unsaturated/α-hetero) is 1. The third-order valence-corrected chi connectivity index (χ3v) is 14.3. The fourth-order valence-corrected chi connectivity index (χ4v) is 10.4. The smallest absolute Gasteiger partial charge is 0.263 e. The number of nitrogens with one attached hydrogen (secondary N) is 2. The third kappa shape index (κ3) is 13.0. The predicted octanol–water partition coefficient (Wildman–Crippen LogP) is 4.23. The molecule has 2 saturated heterocycles. The topological polar surface area (TPSA) is 226 Å². The highest BCUT2D eigenvalue weighted by Gasteiger charge is 2.40. The Morgan fingerprint density at radius 2 is 1.48 bits per heavy atom. The molecule has 4 aromatic rings. The lowest BCUT2D eigenvalue weighted by atomic mass is 10.0. The summed E-state index contributed by atoms with van der Waals surface area (Å²) >= 11 is 1.60. The van der Waals surface area contributed by atoms with Gasteiger partial charge in [-0.15, -0.1) is 11.8 Å². The van der Waals surface area contributed by atoms with Crippen molar-refractivity contribution in [3.05, 3.63) is 75.3 Å². The zero-order valence-corrected chi connectivity index (χ0v) is 41.3. The number of hydrogen-bond donors (Lipinski definition) is 2. The minimum atomic E-state index is -0.635. The summed E-state index contributed by atoms with van der Waals surface area (Å²) in [5.74, 6) is 0.458. The van der Waals surface area contributed by atoms with Crippen molar-refractivity contribution in [2.75, 3.05) is 108 Å². The number of thioether (sulfide) groups is 1. The van der Waals surface area contributed by atoms with Crippen molar-refractivity contribution in [3.63, 3.8) is 0 Å². The number of ether oxygens (including phenoxy) is 5. The molecule has 1 atom stereocenters. The molecule has 3 aliphatic heterocycles. The standard InChI is InChI=1S/C50H63N9O11S/c1-33-38-31-52-50(55-46(38)59(35-6-3-4-7-35)49(65)45(33)34(2)60)53-42-12-10-36(30-51-42)56-15-17-57(18-16-56)44(62)14-19-66-20-21-67-22-23-68-24-25-69-26-27-70-28-29-71-41-9-5-8-37-39(41)32-58(48(37)64)40-11-13-43(61)54-47(40)63/h5,8-10,12,30-31,35,40H,3-4,6-7,11,13-29,32H2,1-2H3,(H,54,61,63)(H,51,52,53,55). The molecule has 380 valence electrons. The average molecular weight is 998 g/mol. The number of pyridine rings is 2. The van der Waals surface area contributed by atoms with Gasteiger partial charge in [-0.3, -0.25) is 38.7 Å². The van der Waals surface area contributed by atoms with E-state index in [-0.39, 0.29) is 47.1 Å². The van der Waals surface area contributed by atoms with Crippen LogP contribution in [0.3, 0.4) is 0 Å². The van der Waals surface area contributed by atoms with Gasteiger partial charge in [-0.25, -0.2) is 9.97 Å². The summed E-state index contributed by atoms with van der Waals surface area (Å²) in [6.07, 6.45) is 8.10. The molecule has 1 aliphatic carbocycles. The molecule has 71 heavy (non-hydrogen) atoms. The summed E-state index contributed by atoms with van der Waals surface area (Å²) in [6, 6.07) is 8.79. The number of hydrogen-bond acceptors (Lipinski definition) is 17. The van der Waals surface area contributed by atoms with Crippen molar-refractivity contribution in [3.8, 4) is 0 Å². The highest BCUT2D eigenvalue weighted by molar-refractivity contribution is 7.99. The number of piperazine rings is 1. The first-order valence-electron chi connectivity index (χ1n) is 24.5. The van der Waals surface area contributed by atoms with Crippen LogP contribution in [0.2, 0.25) is 0 Å². The molecule has 4 amide bonds. The highest BCUT2D eigenvalue weighted by atomic mass is 32.2. The molecule has 20 nitrogen and oxygen atoms in total. The zero-order chi connectivity index (χ0) is 49.7. The number of aryl methyl sites for hydroxylation is 1. The molecule has 2 N–H and O–H groups in total. The lowest BCUT2D eigenvalue weighted by Crippen LogP contribution is -2.52. The number of nitrogens with zero attached hydrogens (tertiary/aromatic N) is 7. The molecule has 1 unspecified atom stereocenters. The van der Waals surface area contributed by atoms with E-state index < -0.39 is 11.9 Å². The van der Waals surface area contributed by atoms with Gasteiger partial charge in [-0.05, 0) is 68.5 Å². The zero-order valence-electron chi connectivity index (χ0n) is 40.5. The number of rotatable bonds is 25. The molecule has 0 radical (unpaired) electrons. The van der Waals surface area contributed by atoms with E-state index in [2.05, 4.69) is 25.5 Å². The first-order chi connectivity index (χ1) is 34.6. The minimum absolute atomic E-state index is 0.00795. The van der Waals surface area contributed by atoms with Gasteiger partial charge in [-0.1, -0.05) is 18.9 Å². The minimum Gasteiger partial charge on any atom is -0.379 e. The van der Waals surface area contributed by atoms with Crippen LogP contribution < -0.4 is 21.1 Å². The number of aromatic nitrogens is 4. The number of piperidine rings is 1. The van der Waals surface area contributed by atoms with E-state index >= 15 is 0 Å². The number of ketones is 1. The van der Waals surface area contributed by atoms with E-state index in [1.807, 2.05) is 29.2 Å². The monoisotopic (exact) mass is 997 g/mol. The van der Waals surface area contributed by atoms with Crippen LogP contribution in [0.5, 0.6) is 0 Å². The maximum absolute atomic E-state index is 13.6. The first-order valence-corrected chi connectivity index (χ1v) is 25.5. The van der Waals surface area contributed by atoms with E-state index in [9.17, 15) is 28.8 Å². The van der Waals surface area contributed by atoms with Crippen LogP contribution >= 0.6 is 11.8 Å². The van der Waals surface area contributed by atoms with Gasteiger partial charge in [0.25, 0.3) is 11.5 Å². The lowest BCUT2D eigenvalue weighted by molar-refractivity contribution is -0.137. The summed E-state index contributed by atoms with van der Waals surface area (Å²) in [5, 5.41) is 6.21. The predicted molar refractivity (Wildman–Crippen MR) is 264 cm³/mol. The van der Waals surface area contributed by atoms with Gasteiger partial charge < -0.3 is 43.7 Å². The van der Waals surface area contributed by atoms with E-state index in [4.69, 9.17) is 28.7 Å². The van der Waals surface area contributed by atoms with Crippen molar-refractivity contribution < 1.29 is 47.7 Å². The number of fused-ring (bicyclic) bond motifs is 2. The van der Waals surface area contributed by atoms with Gasteiger partial charge >= 0.3 is 0 Å². The lowest BCUT2D eigenvalue weighted by Gasteiger charge is -2.36. The summed E-state index contributed by atoms with van der Waals surface area (Å²) in [6.45, 7) is 10.3. The largest absolute Gasteiger partial charge is 0.379 e. The molecule has 1 saturated carbocycles. The number of carbonyl (C=O) groups is 5. The quantitative estimate of drug-likeness (QED) is 0.0410. The average Bonchev–Trinajstić information content (AvgIpc) is 4.02. The van der Waals surface area contributed by atoms with Crippen LogP contribution in [0, 0.1) is 6.92 Å². The molecule has 0 spiro atoms. The highest BCUT2D eigenvalue weighted by Crippen LogP contribution is 2.35. The van der Waals surface area contributed by atoms with Gasteiger partial charge in [0, 0.05) is 73.0 Å². The third-order valence-electron chi connectivity index (χ3n) is 13.2. The molecular weight excluding hydrogens is 935 g/mol. The van der Waals surface area contributed by atoms with Crippen LogP contribution in [-0.2, 0) is 44.6 Å². The van der Waals surface area contributed by atoms with E-state index in [0.29, 0.717) is 151 Å². The summed E-state index contributed by atoms with van der Waals surface area (Å²) in [5.41, 5.74) is 3.48. The SMILES string of the molecule is CC(=O)c1c(C)c2cnc(Nc3ccc(N4CCN(C(=O)CCOCCOCCOCCOCCOCCSc5cccc6c5CN(C5CCC(=O)NC5=O)C6=O)CC4)cn3)nc2n(C2CCCC2)c1=O. The summed E-state index contributed by atoms with van der Waals surface area (Å²) in [4.78, 5) is 96.4. The van der Waals surface area contributed by atoms with E-state index in [1.165, 1.54) is 6.92 Å². The van der Waals surface area contributed by atoms with Crippen LogP contribution in [0.1, 0.15) is 89.8 Å². The molecule has 3 fully saturated rings. The van der Waals surface area contributed by atoms with Gasteiger partial charge in [-0.2, -0.15) is 4.98 Å². The Balaban J connectivity index is 0.624. The fraction of sp³-hybridized carbons (Fsp3) is 0.540. The molecule has 8 rings (SSSR count). The maximum Gasteiger partial charge on any atom is 0.263 e. The van der Waals surface area contributed by atoms with Crippen LogP contribution in [-0.4, -0.2) is 163 Å². The van der Waals surface area contributed by atoms with Crippen molar-refractivity contribution in [2.24, 2.45) is 0 Å². The Bertz CT molecular complexity index is 2600. The number of anilines is 3. The molecule has 21 heteroatoms. The van der Waals surface area contributed by atoms with Crippen molar-refractivity contribution in [1.29, 1.82) is 0 Å². The Hall–Kier alpha value is -5.84. The molecule has 6 heterocycles. The summed E-state index contributed by atoms with van der Waals surface area (Å²) in [7, 11) is 0. The Labute approximate surface area is 416 Å². The van der Waals surface area contributed by atoms with Gasteiger partial charge in [0.2, 0.25) is 23.7 Å². The first kappa shape index (κ1) is 51.5. The second-order valence-electron chi connectivity index (χ2n) is 17.8. The van der Waals surface area contributed by atoms with Gasteiger partial charge in [0.15, 0.2) is 5.78 Å². The second-order valence-corrected chi connectivity index (χ2v) is 19.0. The van der Waals surface area contributed by atoms with Crippen LogP contribution in [0.25, 0.3) is 11.0 Å². The van der Waals surface area contributed by atoms with Crippen LogP contribution in [0.4, 0.5) is 17.5 Å². The molecular formula is C50H63N9O11S. The normalized spacial score (nSPS) is 17.4. The van der Waals surface area contributed by atoms with Crippen molar-refractivity contribution >= 4 is 69.7 Å². The Morgan fingerprint density at radius 1 is 0.803 bits per heavy atom. The molecule has 1 aromatic carbocycles. The maximum atomic E-state index is 13.6. The Morgan fingerprint density at radius 3 is 2.13 bits per heavy atom. The number of amides is 4. The van der Waals surface area contributed by atoms with Crippen molar-refractivity contribution in [2.45, 2.75) is 82.3 Å². The molecule has 3 aromatic heterocycles. The second kappa shape index (κ2) is 25.0. The number of imide groups is 1. The number of carbonyl (C=O) groups excluding carboxylic acids is 5. The molecule has 0 bridgehead atoms. The van der Waals surface area contributed by atoms with E-state index in [0.717, 1.165) is 41.8 Å². The number of benzene rings is 1. The van der Waals surface area contributed by atoms with Gasteiger partial charge in [0.1, 0.15) is 17.5 Å². The molecule has 4 aliphatic rings.